The molecule has 0 radical (unpaired) electrons. The van der Waals surface area contributed by atoms with E-state index >= 15 is 0 Å². The van der Waals surface area contributed by atoms with Crippen molar-refractivity contribution in [3.63, 3.8) is 0 Å². The maximum absolute atomic E-state index is 13.8. The summed E-state index contributed by atoms with van der Waals surface area (Å²) < 4.78 is 88.8. The fourth-order valence-corrected chi connectivity index (χ4v) is 3.06. The molecule has 9 nitrogen and oxygen atoms in total. The zero-order chi connectivity index (χ0) is 27.7. The van der Waals surface area contributed by atoms with Gasteiger partial charge in [0, 0.05) is 17.7 Å². The SMILES string of the molecule is O=C(NCC(F)(F)F)c1ccc(-n2cc(C(=O)NCc3c(F)cccc3F)nn2)c(OCCOCCF)c1. The van der Waals surface area contributed by atoms with Gasteiger partial charge in [0.1, 0.15) is 42.9 Å². The summed E-state index contributed by atoms with van der Waals surface area (Å²) in [6.45, 7) is -3.04. The first-order valence-electron chi connectivity index (χ1n) is 11.0. The molecule has 1 heterocycles. The second-order valence-electron chi connectivity index (χ2n) is 7.56. The molecule has 38 heavy (non-hydrogen) atoms. The first kappa shape index (κ1) is 28.4. The molecule has 2 amide bonds. The van der Waals surface area contributed by atoms with E-state index in [0.29, 0.717) is 0 Å². The Bertz CT molecular complexity index is 1250. The summed E-state index contributed by atoms with van der Waals surface area (Å²) >= 11 is 0. The molecule has 0 bridgehead atoms. The van der Waals surface area contributed by atoms with Crippen LogP contribution in [0.25, 0.3) is 5.69 Å². The van der Waals surface area contributed by atoms with Crippen molar-refractivity contribution in [2.45, 2.75) is 12.7 Å². The number of alkyl halides is 4. The van der Waals surface area contributed by atoms with Gasteiger partial charge in [-0.3, -0.25) is 9.59 Å². The van der Waals surface area contributed by atoms with E-state index in [1.165, 1.54) is 18.2 Å². The van der Waals surface area contributed by atoms with Gasteiger partial charge in [-0.2, -0.15) is 13.2 Å². The Morgan fingerprint density at radius 1 is 0.974 bits per heavy atom. The van der Waals surface area contributed by atoms with Gasteiger partial charge in [-0.15, -0.1) is 5.10 Å². The van der Waals surface area contributed by atoms with Gasteiger partial charge in [0.05, 0.1) is 19.4 Å². The van der Waals surface area contributed by atoms with E-state index in [-0.39, 0.29) is 48.1 Å². The fraction of sp³-hybridized carbons (Fsp3) is 0.304. The highest BCUT2D eigenvalue weighted by atomic mass is 19.4. The lowest BCUT2D eigenvalue weighted by Crippen LogP contribution is -2.33. The van der Waals surface area contributed by atoms with Crippen LogP contribution in [-0.2, 0) is 11.3 Å². The van der Waals surface area contributed by atoms with Crippen molar-refractivity contribution in [2.24, 2.45) is 0 Å². The maximum Gasteiger partial charge on any atom is 0.405 e. The number of carbonyl (C=O) groups is 2. The minimum absolute atomic E-state index is 0.0289. The molecule has 0 aliphatic heterocycles. The summed E-state index contributed by atoms with van der Waals surface area (Å²) in [7, 11) is 0. The van der Waals surface area contributed by atoms with Gasteiger partial charge in [0.25, 0.3) is 11.8 Å². The zero-order valence-electron chi connectivity index (χ0n) is 19.5. The Morgan fingerprint density at radius 2 is 1.71 bits per heavy atom. The Balaban J connectivity index is 1.77. The Morgan fingerprint density at radius 3 is 2.39 bits per heavy atom. The number of nitrogens with one attached hydrogen (secondary N) is 2. The first-order chi connectivity index (χ1) is 18.1. The van der Waals surface area contributed by atoms with E-state index < -0.39 is 49.4 Å². The third-order valence-electron chi connectivity index (χ3n) is 4.84. The fourth-order valence-electron chi connectivity index (χ4n) is 3.06. The van der Waals surface area contributed by atoms with Gasteiger partial charge in [-0.25, -0.2) is 17.9 Å². The molecule has 0 unspecified atom stereocenters. The number of benzene rings is 2. The number of ether oxygens (including phenoxy) is 2. The predicted molar refractivity (Wildman–Crippen MR) is 120 cm³/mol. The number of carbonyl (C=O) groups excluding carboxylic acids is 2. The molecule has 15 heteroatoms. The van der Waals surface area contributed by atoms with E-state index in [1.54, 1.807) is 5.32 Å². The summed E-state index contributed by atoms with van der Waals surface area (Å²) in [4.78, 5) is 24.6. The van der Waals surface area contributed by atoms with E-state index in [0.717, 1.165) is 29.1 Å². The van der Waals surface area contributed by atoms with E-state index in [9.17, 15) is 35.9 Å². The third kappa shape index (κ3) is 7.93. The second-order valence-corrected chi connectivity index (χ2v) is 7.56. The largest absolute Gasteiger partial charge is 0.489 e. The minimum Gasteiger partial charge on any atom is -0.489 e. The summed E-state index contributed by atoms with van der Waals surface area (Å²) in [6.07, 6.45) is -3.45. The number of aromatic nitrogens is 3. The van der Waals surface area contributed by atoms with Gasteiger partial charge in [-0.05, 0) is 30.3 Å². The van der Waals surface area contributed by atoms with Crippen LogP contribution in [0, 0.1) is 11.6 Å². The Hall–Kier alpha value is -4.14. The monoisotopic (exact) mass is 545 g/mol. The predicted octanol–water partition coefficient (Wildman–Crippen LogP) is 3.13. The van der Waals surface area contributed by atoms with Crippen LogP contribution in [0.1, 0.15) is 26.4 Å². The average molecular weight is 545 g/mol. The van der Waals surface area contributed by atoms with Crippen molar-refractivity contribution in [1.29, 1.82) is 0 Å². The summed E-state index contributed by atoms with van der Waals surface area (Å²) in [5, 5.41) is 11.6. The molecule has 0 saturated heterocycles. The highest BCUT2D eigenvalue weighted by Gasteiger charge is 2.28. The van der Waals surface area contributed by atoms with Gasteiger partial charge in [0.15, 0.2) is 5.69 Å². The molecule has 1 aromatic heterocycles. The normalized spacial score (nSPS) is 11.3. The van der Waals surface area contributed by atoms with Gasteiger partial charge in [0.2, 0.25) is 0 Å². The first-order valence-corrected chi connectivity index (χ1v) is 11.0. The number of halogens is 6. The highest BCUT2D eigenvalue weighted by Crippen LogP contribution is 2.25. The molecule has 0 aliphatic carbocycles. The molecule has 2 N–H and O–H groups in total. The topological polar surface area (TPSA) is 107 Å². The smallest absolute Gasteiger partial charge is 0.405 e. The van der Waals surface area contributed by atoms with Crippen molar-refractivity contribution >= 4 is 11.8 Å². The molecular formula is C23H21F6N5O4. The average Bonchev–Trinajstić information content (AvgIpc) is 3.36. The maximum atomic E-state index is 13.8. The zero-order valence-corrected chi connectivity index (χ0v) is 19.5. The van der Waals surface area contributed by atoms with Crippen LogP contribution in [0.2, 0.25) is 0 Å². The van der Waals surface area contributed by atoms with Gasteiger partial charge in [-0.1, -0.05) is 11.3 Å². The molecule has 204 valence electrons. The van der Waals surface area contributed by atoms with Crippen LogP contribution < -0.4 is 15.4 Å². The summed E-state index contributed by atoms with van der Waals surface area (Å²) in [5.74, 6) is -3.54. The number of hydrogen-bond donors (Lipinski definition) is 2. The van der Waals surface area contributed by atoms with Crippen LogP contribution in [0.3, 0.4) is 0 Å². The molecular weight excluding hydrogens is 524 g/mol. The van der Waals surface area contributed by atoms with Gasteiger partial charge >= 0.3 is 6.18 Å². The molecule has 0 spiro atoms. The van der Waals surface area contributed by atoms with Crippen LogP contribution in [0.5, 0.6) is 5.75 Å². The number of rotatable bonds is 12. The lowest BCUT2D eigenvalue weighted by molar-refractivity contribution is -0.123. The van der Waals surface area contributed by atoms with Crippen molar-refractivity contribution in [1.82, 2.24) is 25.6 Å². The minimum atomic E-state index is -4.61. The standard InChI is InChI=1S/C23H21F6N5O4/c24-6-7-37-8-9-38-20-10-14(21(35)31-13-23(27,28)29)4-5-19(20)34-12-18(32-33-34)22(36)30-11-15-16(25)2-1-3-17(15)26/h1-5,10,12H,6-9,11,13H2,(H,30,36)(H,31,35). The Kier molecular flexibility index (Phi) is 9.65. The third-order valence-corrected chi connectivity index (χ3v) is 4.84. The van der Waals surface area contributed by atoms with Crippen molar-refractivity contribution < 1.29 is 45.4 Å². The molecule has 0 saturated carbocycles. The van der Waals surface area contributed by atoms with Crippen LogP contribution >= 0.6 is 0 Å². The lowest BCUT2D eigenvalue weighted by Gasteiger charge is -2.14. The van der Waals surface area contributed by atoms with Crippen LogP contribution in [0.15, 0.2) is 42.6 Å². The molecule has 0 atom stereocenters. The highest BCUT2D eigenvalue weighted by molar-refractivity contribution is 5.95. The molecule has 0 aliphatic rings. The lowest BCUT2D eigenvalue weighted by atomic mass is 10.1. The molecule has 2 aromatic carbocycles. The van der Waals surface area contributed by atoms with Crippen molar-refractivity contribution in [2.75, 3.05) is 33.0 Å². The number of nitrogens with zero attached hydrogens (tertiary/aromatic N) is 3. The number of amides is 2. The van der Waals surface area contributed by atoms with E-state index in [4.69, 9.17) is 9.47 Å². The number of hydrogen-bond acceptors (Lipinski definition) is 6. The van der Waals surface area contributed by atoms with Crippen molar-refractivity contribution in [3.05, 3.63) is 71.1 Å². The molecule has 0 fully saturated rings. The second kappa shape index (κ2) is 12.9. The van der Waals surface area contributed by atoms with E-state index in [1.807, 2.05) is 0 Å². The van der Waals surface area contributed by atoms with Gasteiger partial charge < -0.3 is 20.1 Å². The van der Waals surface area contributed by atoms with Crippen molar-refractivity contribution in [3.8, 4) is 11.4 Å². The Labute approximate surface area is 211 Å². The summed E-state index contributed by atoms with van der Waals surface area (Å²) in [6, 6.07) is 6.91. The van der Waals surface area contributed by atoms with Crippen LogP contribution in [0.4, 0.5) is 26.3 Å². The quantitative estimate of drug-likeness (QED) is 0.268. The van der Waals surface area contributed by atoms with E-state index in [2.05, 4.69) is 15.6 Å². The summed E-state index contributed by atoms with van der Waals surface area (Å²) in [5.41, 5.74) is -0.596. The molecule has 3 aromatic rings. The molecule has 3 rings (SSSR count). The van der Waals surface area contributed by atoms with Crippen LogP contribution in [-0.4, -0.2) is 66.0 Å².